The van der Waals surface area contributed by atoms with Gasteiger partial charge in [0, 0.05) is 6.54 Å². The number of carbonyl (C=O) groups is 2. The molecule has 0 saturated heterocycles. The molecule has 4 aromatic rings. The lowest BCUT2D eigenvalue weighted by Gasteiger charge is -2.23. The number of rotatable bonds is 9. The number of ether oxygens (including phenoxy) is 1. The lowest BCUT2D eigenvalue weighted by Crippen LogP contribution is -2.42. The number of nitrogens with one attached hydrogen (secondary N) is 1. The average molecular weight is 513 g/mol. The summed E-state index contributed by atoms with van der Waals surface area (Å²) in [6.07, 6.45) is 0. The van der Waals surface area contributed by atoms with Crippen LogP contribution in [0.25, 0.3) is 0 Å². The summed E-state index contributed by atoms with van der Waals surface area (Å²) in [4.78, 5) is 55.0. The Morgan fingerprint density at radius 1 is 0.895 bits per heavy atom. The van der Waals surface area contributed by atoms with Gasteiger partial charge in [0.25, 0.3) is 11.5 Å². The van der Waals surface area contributed by atoms with Crippen LogP contribution in [0.2, 0.25) is 0 Å². The van der Waals surface area contributed by atoms with Gasteiger partial charge in [-0.05, 0) is 23.6 Å². The van der Waals surface area contributed by atoms with Crippen molar-refractivity contribution in [1.29, 1.82) is 0 Å². The number of carbonyl (C=O) groups excluding carboxylic acids is 2. The molecule has 9 heteroatoms. The summed E-state index contributed by atoms with van der Waals surface area (Å²) in [5.74, 6) is -2.15. The summed E-state index contributed by atoms with van der Waals surface area (Å²) in [7, 11) is 0. The summed E-state index contributed by atoms with van der Waals surface area (Å²) in [6.45, 7) is 1.21. The first-order chi connectivity index (χ1) is 18.4. The van der Waals surface area contributed by atoms with Crippen LogP contribution in [-0.2, 0) is 20.9 Å². The topological polar surface area (TPSA) is 127 Å². The molecule has 0 spiro atoms. The zero-order valence-electron chi connectivity index (χ0n) is 20.9. The fourth-order valence-electron chi connectivity index (χ4n) is 4.27. The van der Waals surface area contributed by atoms with E-state index in [-0.39, 0.29) is 24.6 Å². The van der Waals surface area contributed by atoms with Gasteiger partial charge in [-0.1, -0.05) is 91.0 Å². The number of nitrogens with zero attached hydrogens (tertiary/aromatic N) is 2. The van der Waals surface area contributed by atoms with Gasteiger partial charge in [0.1, 0.15) is 11.7 Å². The molecule has 3 N–H and O–H groups in total. The molecule has 0 bridgehead atoms. The molecular formula is C29H28N4O5. The van der Waals surface area contributed by atoms with Gasteiger partial charge in [-0.3, -0.25) is 23.9 Å². The number of likely N-dealkylation sites (N-methyl/N-ethyl adjacent to an activating group) is 1. The first kappa shape index (κ1) is 26.2. The van der Waals surface area contributed by atoms with Crippen LogP contribution < -0.4 is 21.9 Å². The highest BCUT2D eigenvalue weighted by Gasteiger charge is 2.28. The maximum atomic E-state index is 13.2. The highest BCUT2D eigenvalue weighted by Crippen LogP contribution is 2.26. The molecule has 3 aromatic carbocycles. The van der Waals surface area contributed by atoms with Gasteiger partial charge < -0.3 is 15.4 Å². The summed E-state index contributed by atoms with van der Waals surface area (Å²) in [6, 6.07) is 27.3. The third-order valence-corrected chi connectivity index (χ3v) is 6.12. The Kier molecular flexibility index (Phi) is 8.17. The first-order valence-corrected chi connectivity index (χ1v) is 12.1. The predicted octanol–water partition coefficient (Wildman–Crippen LogP) is 2.90. The number of nitrogen functional groups attached to an aromatic ring is 1. The maximum Gasteiger partial charge on any atom is 0.330 e. The third-order valence-electron chi connectivity index (χ3n) is 6.12. The van der Waals surface area contributed by atoms with E-state index in [1.165, 1.54) is 4.57 Å². The molecule has 0 unspecified atom stereocenters. The van der Waals surface area contributed by atoms with E-state index in [1.807, 2.05) is 91.0 Å². The van der Waals surface area contributed by atoms with Gasteiger partial charge in [-0.25, -0.2) is 4.79 Å². The zero-order valence-corrected chi connectivity index (χ0v) is 20.9. The van der Waals surface area contributed by atoms with Crippen molar-refractivity contribution in [2.24, 2.45) is 0 Å². The fraction of sp³-hybridized carbons (Fsp3) is 0.172. The number of aromatic amines is 1. The molecule has 0 atom stereocenters. The van der Waals surface area contributed by atoms with Gasteiger partial charge in [0.05, 0.1) is 6.54 Å². The molecule has 9 nitrogen and oxygen atoms in total. The normalized spacial score (nSPS) is 10.8. The van der Waals surface area contributed by atoms with E-state index < -0.39 is 35.7 Å². The minimum atomic E-state index is -0.801. The third kappa shape index (κ3) is 5.73. The van der Waals surface area contributed by atoms with Crippen molar-refractivity contribution in [2.75, 3.05) is 23.8 Å². The molecule has 0 fully saturated rings. The van der Waals surface area contributed by atoms with Gasteiger partial charge in [0.15, 0.2) is 12.3 Å². The number of esters is 1. The molecule has 0 aliphatic carbocycles. The first-order valence-electron chi connectivity index (χ1n) is 12.1. The van der Waals surface area contributed by atoms with Crippen molar-refractivity contribution in [3.05, 3.63) is 129 Å². The second-order valence-corrected chi connectivity index (χ2v) is 8.56. The summed E-state index contributed by atoms with van der Waals surface area (Å²) >= 11 is 0. The van der Waals surface area contributed by atoms with E-state index in [0.717, 1.165) is 21.6 Å². The number of aromatic nitrogens is 2. The smallest absolute Gasteiger partial charge is 0.330 e. The number of benzene rings is 3. The van der Waals surface area contributed by atoms with Gasteiger partial charge in [-0.15, -0.1) is 0 Å². The number of nitrogens with two attached hydrogens (primary N) is 1. The van der Waals surface area contributed by atoms with Crippen molar-refractivity contribution in [3.63, 3.8) is 0 Å². The van der Waals surface area contributed by atoms with Crippen LogP contribution in [0.15, 0.2) is 101 Å². The molecule has 1 amide bonds. The Hall–Kier alpha value is -4.92. The molecule has 0 saturated carbocycles. The van der Waals surface area contributed by atoms with Crippen molar-refractivity contribution < 1.29 is 14.3 Å². The zero-order chi connectivity index (χ0) is 27.1. The molecule has 0 aliphatic heterocycles. The summed E-state index contributed by atoms with van der Waals surface area (Å²) in [5.41, 5.74) is 6.80. The van der Waals surface area contributed by atoms with Crippen LogP contribution in [-0.4, -0.2) is 34.6 Å². The van der Waals surface area contributed by atoms with Crippen LogP contribution in [0.4, 0.5) is 11.5 Å². The van der Waals surface area contributed by atoms with Gasteiger partial charge in [0.2, 0.25) is 0 Å². The Bertz CT molecular complexity index is 1480. The number of hydrogen-bond acceptors (Lipinski definition) is 6. The monoisotopic (exact) mass is 512 g/mol. The standard InChI is InChI=1S/C29H28N4O5/c1-2-32(25-26(30)33(29(37)31-27(25)35)18-20-12-6-3-7-13-20)23(34)19-38-28(36)24(21-14-8-4-9-15-21)22-16-10-5-11-17-22/h3-17,24H,2,18-19,30H2,1H3,(H,31,35,37). The quantitative estimate of drug-likeness (QED) is 0.332. The predicted molar refractivity (Wildman–Crippen MR) is 145 cm³/mol. The van der Waals surface area contributed by atoms with Crippen molar-refractivity contribution in [1.82, 2.24) is 9.55 Å². The van der Waals surface area contributed by atoms with Crippen molar-refractivity contribution in [3.8, 4) is 0 Å². The van der Waals surface area contributed by atoms with Gasteiger partial charge >= 0.3 is 11.7 Å². The minimum Gasteiger partial charge on any atom is -0.455 e. The second kappa shape index (κ2) is 11.9. The SMILES string of the molecule is CCN(C(=O)COC(=O)C(c1ccccc1)c1ccccc1)c1c(N)n(Cc2ccccc2)c(=O)[nH]c1=O. The molecule has 1 aromatic heterocycles. The number of hydrogen-bond donors (Lipinski definition) is 2. The average Bonchev–Trinajstić information content (AvgIpc) is 2.94. The summed E-state index contributed by atoms with van der Waals surface area (Å²) < 4.78 is 6.65. The Morgan fingerprint density at radius 2 is 1.42 bits per heavy atom. The highest BCUT2D eigenvalue weighted by molar-refractivity contribution is 5.97. The van der Waals surface area contributed by atoms with Crippen LogP contribution >= 0.6 is 0 Å². The maximum absolute atomic E-state index is 13.2. The lowest BCUT2D eigenvalue weighted by molar-refractivity contribution is -0.148. The van der Waals surface area contributed by atoms with Crippen molar-refractivity contribution >= 4 is 23.4 Å². The van der Waals surface area contributed by atoms with Crippen molar-refractivity contribution in [2.45, 2.75) is 19.4 Å². The van der Waals surface area contributed by atoms with E-state index in [4.69, 9.17) is 10.5 Å². The molecule has 38 heavy (non-hydrogen) atoms. The molecule has 0 aliphatic rings. The Morgan fingerprint density at radius 3 is 1.95 bits per heavy atom. The highest BCUT2D eigenvalue weighted by atomic mass is 16.5. The Balaban J connectivity index is 1.58. The van der Waals surface area contributed by atoms with Crippen LogP contribution in [0, 0.1) is 0 Å². The number of amides is 1. The van der Waals surface area contributed by atoms with E-state index in [1.54, 1.807) is 6.92 Å². The molecule has 1 heterocycles. The second-order valence-electron chi connectivity index (χ2n) is 8.56. The summed E-state index contributed by atoms with van der Waals surface area (Å²) in [5, 5.41) is 0. The fourth-order valence-corrected chi connectivity index (χ4v) is 4.27. The number of anilines is 2. The largest absolute Gasteiger partial charge is 0.455 e. The molecule has 4 rings (SSSR count). The van der Waals surface area contributed by atoms with Crippen LogP contribution in [0.5, 0.6) is 0 Å². The molecular weight excluding hydrogens is 484 g/mol. The van der Waals surface area contributed by atoms with E-state index in [0.29, 0.717) is 0 Å². The Labute approximate surface area is 219 Å². The van der Waals surface area contributed by atoms with E-state index in [2.05, 4.69) is 4.98 Å². The number of H-pyrrole nitrogens is 1. The molecule has 0 radical (unpaired) electrons. The van der Waals surface area contributed by atoms with Gasteiger partial charge in [-0.2, -0.15) is 0 Å². The van der Waals surface area contributed by atoms with Crippen LogP contribution in [0.3, 0.4) is 0 Å². The van der Waals surface area contributed by atoms with E-state index in [9.17, 15) is 19.2 Å². The van der Waals surface area contributed by atoms with E-state index >= 15 is 0 Å². The van der Waals surface area contributed by atoms with Crippen LogP contribution in [0.1, 0.15) is 29.5 Å². The lowest BCUT2D eigenvalue weighted by atomic mass is 9.91. The molecule has 194 valence electrons. The minimum absolute atomic E-state index is 0.0635.